The number of benzene rings is 1. The van der Waals surface area contributed by atoms with Crippen molar-refractivity contribution in [1.82, 2.24) is 0 Å². The molecule has 1 aromatic rings. The molecule has 0 N–H and O–H groups in total. The van der Waals surface area contributed by atoms with Gasteiger partial charge in [0, 0.05) is 11.5 Å². The lowest BCUT2D eigenvalue weighted by Gasteiger charge is -2.31. The summed E-state index contributed by atoms with van der Waals surface area (Å²) in [6, 6.07) is 3.42. The number of carbonyl (C=O) groups is 1. The quantitative estimate of drug-likeness (QED) is 0.720. The molecular weight excluding hydrogens is 234 g/mol. The topological polar surface area (TPSA) is 17.1 Å². The molecule has 1 nitrogen and oxygen atoms in total. The highest BCUT2D eigenvalue weighted by molar-refractivity contribution is 5.97. The first-order valence-corrected chi connectivity index (χ1v) is 6.48. The summed E-state index contributed by atoms with van der Waals surface area (Å²) in [6.07, 6.45) is 2.73. The maximum Gasteiger partial charge on any atom is 0.166 e. The zero-order chi connectivity index (χ0) is 13.3. The first kappa shape index (κ1) is 13.2. The summed E-state index contributed by atoms with van der Waals surface area (Å²) < 4.78 is 25.9. The van der Waals surface area contributed by atoms with E-state index in [0.717, 1.165) is 31.4 Å². The monoisotopic (exact) mass is 252 g/mol. The SMILES string of the molecule is CC1CCC(C(=O)c2ccc(F)c(F)c2)CC1C. The van der Waals surface area contributed by atoms with Crippen LogP contribution >= 0.6 is 0 Å². The Kier molecular flexibility index (Phi) is 3.79. The lowest BCUT2D eigenvalue weighted by molar-refractivity contribution is 0.0837. The molecule has 1 aliphatic carbocycles. The van der Waals surface area contributed by atoms with Gasteiger partial charge in [0.05, 0.1) is 0 Å². The van der Waals surface area contributed by atoms with Crippen LogP contribution in [0.4, 0.5) is 8.78 Å². The summed E-state index contributed by atoms with van der Waals surface area (Å²) in [5, 5.41) is 0. The van der Waals surface area contributed by atoms with Gasteiger partial charge in [0.15, 0.2) is 17.4 Å². The van der Waals surface area contributed by atoms with Crippen LogP contribution in [0.3, 0.4) is 0 Å². The van der Waals surface area contributed by atoms with Gasteiger partial charge in [-0.15, -0.1) is 0 Å². The van der Waals surface area contributed by atoms with Crippen LogP contribution in [0, 0.1) is 29.4 Å². The number of carbonyl (C=O) groups excluding carboxylic acids is 1. The molecule has 0 bridgehead atoms. The highest BCUT2D eigenvalue weighted by Gasteiger charge is 2.29. The molecule has 1 fully saturated rings. The molecule has 3 atom stereocenters. The molecule has 0 radical (unpaired) electrons. The zero-order valence-electron chi connectivity index (χ0n) is 10.7. The Morgan fingerprint density at radius 2 is 1.83 bits per heavy atom. The lowest BCUT2D eigenvalue weighted by Crippen LogP contribution is -2.26. The highest BCUT2D eigenvalue weighted by atomic mass is 19.2. The third-order valence-electron chi connectivity index (χ3n) is 4.17. The Bertz CT molecular complexity index is 456. The predicted octanol–water partition coefficient (Wildman–Crippen LogP) is 4.22. The maximum atomic E-state index is 13.1. The van der Waals surface area contributed by atoms with Crippen LogP contribution in [0.15, 0.2) is 18.2 Å². The van der Waals surface area contributed by atoms with Gasteiger partial charge in [0.1, 0.15) is 0 Å². The van der Waals surface area contributed by atoms with Crippen LogP contribution in [-0.4, -0.2) is 5.78 Å². The molecule has 2 rings (SSSR count). The number of halogens is 2. The van der Waals surface area contributed by atoms with E-state index < -0.39 is 11.6 Å². The van der Waals surface area contributed by atoms with Crippen molar-refractivity contribution < 1.29 is 13.6 Å². The normalized spacial score (nSPS) is 28.1. The van der Waals surface area contributed by atoms with Crippen LogP contribution in [0.2, 0.25) is 0 Å². The Hall–Kier alpha value is -1.25. The average Bonchev–Trinajstić information content (AvgIpc) is 2.35. The molecule has 0 saturated heterocycles. The number of hydrogen-bond donors (Lipinski definition) is 0. The standard InChI is InChI=1S/C15H18F2O/c1-9-3-4-11(7-10(9)2)15(18)12-5-6-13(16)14(17)8-12/h5-6,8-11H,3-4,7H2,1-2H3. The fraction of sp³-hybridized carbons (Fsp3) is 0.533. The third kappa shape index (κ3) is 2.60. The van der Waals surface area contributed by atoms with Crippen molar-refractivity contribution in [3.8, 4) is 0 Å². The van der Waals surface area contributed by atoms with Gasteiger partial charge in [-0.2, -0.15) is 0 Å². The Balaban J connectivity index is 2.14. The first-order valence-electron chi connectivity index (χ1n) is 6.48. The van der Waals surface area contributed by atoms with E-state index in [9.17, 15) is 13.6 Å². The second-order valence-electron chi connectivity index (χ2n) is 5.46. The van der Waals surface area contributed by atoms with Crippen LogP contribution in [-0.2, 0) is 0 Å². The van der Waals surface area contributed by atoms with Gasteiger partial charge in [0.2, 0.25) is 0 Å². The van der Waals surface area contributed by atoms with Crippen LogP contribution in [0.25, 0.3) is 0 Å². The molecule has 98 valence electrons. The number of rotatable bonds is 2. The largest absolute Gasteiger partial charge is 0.294 e. The molecule has 3 unspecified atom stereocenters. The van der Waals surface area contributed by atoms with Crippen LogP contribution in [0.5, 0.6) is 0 Å². The molecule has 0 spiro atoms. The molecule has 18 heavy (non-hydrogen) atoms. The van der Waals surface area contributed by atoms with Crippen molar-refractivity contribution in [3.05, 3.63) is 35.4 Å². The molecule has 1 aromatic carbocycles. The predicted molar refractivity (Wildman–Crippen MR) is 66.4 cm³/mol. The van der Waals surface area contributed by atoms with Gasteiger partial charge >= 0.3 is 0 Å². The van der Waals surface area contributed by atoms with E-state index in [2.05, 4.69) is 13.8 Å². The van der Waals surface area contributed by atoms with E-state index in [1.165, 1.54) is 6.07 Å². The fourth-order valence-electron chi connectivity index (χ4n) is 2.67. The molecule has 3 heteroatoms. The molecule has 1 aliphatic rings. The second-order valence-corrected chi connectivity index (χ2v) is 5.46. The highest BCUT2D eigenvalue weighted by Crippen LogP contribution is 2.35. The van der Waals surface area contributed by atoms with Gasteiger partial charge in [-0.05, 0) is 49.3 Å². The van der Waals surface area contributed by atoms with Crippen molar-refractivity contribution >= 4 is 5.78 Å². The van der Waals surface area contributed by atoms with Gasteiger partial charge < -0.3 is 0 Å². The van der Waals surface area contributed by atoms with Crippen molar-refractivity contribution in [2.75, 3.05) is 0 Å². The minimum Gasteiger partial charge on any atom is -0.294 e. The minimum absolute atomic E-state index is 0.0407. The second kappa shape index (κ2) is 5.17. The van der Waals surface area contributed by atoms with Gasteiger partial charge in [-0.1, -0.05) is 13.8 Å². The molecular formula is C15H18F2O. The summed E-state index contributed by atoms with van der Waals surface area (Å²) in [5.74, 6) is -0.791. The summed E-state index contributed by atoms with van der Waals surface area (Å²) in [7, 11) is 0. The van der Waals surface area contributed by atoms with E-state index in [1.54, 1.807) is 0 Å². The van der Waals surface area contributed by atoms with Gasteiger partial charge in [-0.3, -0.25) is 4.79 Å². The Morgan fingerprint density at radius 1 is 1.11 bits per heavy atom. The zero-order valence-corrected chi connectivity index (χ0v) is 10.7. The molecule has 0 aromatic heterocycles. The van der Waals surface area contributed by atoms with E-state index >= 15 is 0 Å². The number of hydrogen-bond acceptors (Lipinski definition) is 1. The first-order chi connectivity index (χ1) is 8.49. The maximum absolute atomic E-state index is 13.1. The van der Waals surface area contributed by atoms with Crippen molar-refractivity contribution in [2.24, 2.45) is 17.8 Å². The summed E-state index contributed by atoms with van der Waals surface area (Å²) >= 11 is 0. The van der Waals surface area contributed by atoms with E-state index in [1.807, 2.05) is 0 Å². The smallest absolute Gasteiger partial charge is 0.166 e. The average molecular weight is 252 g/mol. The summed E-state index contributed by atoms with van der Waals surface area (Å²) in [5.41, 5.74) is 0.292. The van der Waals surface area contributed by atoms with E-state index in [0.29, 0.717) is 17.4 Å². The van der Waals surface area contributed by atoms with Crippen LogP contribution < -0.4 is 0 Å². The van der Waals surface area contributed by atoms with Crippen molar-refractivity contribution in [1.29, 1.82) is 0 Å². The Labute approximate surface area is 106 Å². The summed E-state index contributed by atoms with van der Waals surface area (Å²) in [6.45, 7) is 4.35. The van der Waals surface area contributed by atoms with Gasteiger partial charge in [0.25, 0.3) is 0 Å². The lowest BCUT2D eigenvalue weighted by atomic mass is 9.73. The van der Waals surface area contributed by atoms with Crippen LogP contribution in [0.1, 0.15) is 43.5 Å². The van der Waals surface area contributed by atoms with E-state index in [4.69, 9.17) is 0 Å². The molecule has 0 amide bonds. The third-order valence-corrected chi connectivity index (χ3v) is 4.17. The number of ketones is 1. The Morgan fingerprint density at radius 3 is 2.44 bits per heavy atom. The van der Waals surface area contributed by atoms with Gasteiger partial charge in [-0.25, -0.2) is 8.78 Å². The van der Waals surface area contributed by atoms with Crippen molar-refractivity contribution in [3.63, 3.8) is 0 Å². The minimum atomic E-state index is -0.946. The van der Waals surface area contributed by atoms with Crippen molar-refractivity contribution in [2.45, 2.75) is 33.1 Å². The molecule has 0 aliphatic heterocycles. The van der Waals surface area contributed by atoms with E-state index in [-0.39, 0.29) is 11.7 Å². The summed E-state index contributed by atoms with van der Waals surface area (Å²) in [4.78, 5) is 12.2. The molecule has 1 saturated carbocycles. The fourth-order valence-corrected chi connectivity index (χ4v) is 2.67. The number of Topliss-reactive ketones (excluding diaryl/α,β-unsaturated/α-hetero) is 1. The molecule has 0 heterocycles.